The highest BCUT2D eigenvalue weighted by atomic mass is 16.2. The molecule has 146 valence electrons. The highest BCUT2D eigenvalue weighted by molar-refractivity contribution is 5.80. The number of amides is 1. The van der Waals surface area contributed by atoms with Crippen LogP contribution in [0.4, 0.5) is 5.69 Å². The maximum atomic E-state index is 12.9. The molecule has 1 amide bonds. The summed E-state index contributed by atoms with van der Waals surface area (Å²) in [5, 5.41) is 7.66. The minimum atomic E-state index is -0.288. The van der Waals surface area contributed by atoms with Crippen molar-refractivity contribution in [1.29, 1.82) is 0 Å². The van der Waals surface area contributed by atoms with Crippen LogP contribution in [-0.2, 0) is 11.3 Å². The zero-order valence-corrected chi connectivity index (χ0v) is 17.0. The van der Waals surface area contributed by atoms with Gasteiger partial charge in [-0.05, 0) is 62.8 Å². The van der Waals surface area contributed by atoms with Crippen LogP contribution in [0, 0.1) is 19.8 Å². The number of carbonyl (C=O) groups excluding carboxylic acids is 1. The monoisotopic (exact) mass is 368 g/mol. The van der Waals surface area contributed by atoms with Crippen molar-refractivity contribution in [3.8, 4) is 0 Å². The number of anilines is 1. The van der Waals surface area contributed by atoms with E-state index < -0.39 is 0 Å². The van der Waals surface area contributed by atoms with E-state index in [9.17, 15) is 4.79 Å². The van der Waals surface area contributed by atoms with Gasteiger partial charge in [-0.2, -0.15) is 5.10 Å². The van der Waals surface area contributed by atoms with Gasteiger partial charge in [0.05, 0.1) is 5.69 Å². The quantitative estimate of drug-likeness (QED) is 0.838. The standard InChI is InChI=1S/C22H32N4O/c1-16(2)21(26-18(4)13-17(3)24-26)22(27)23-15-19-9-8-10-20(14-19)25-11-6-5-7-12-25/h8-10,13-14,16,21H,5-7,11-12,15H2,1-4H3,(H,23,27)/t21-/m0/s1. The molecular weight excluding hydrogens is 336 g/mol. The van der Waals surface area contributed by atoms with Gasteiger partial charge in [0.2, 0.25) is 5.91 Å². The molecule has 3 rings (SSSR count). The third kappa shape index (κ3) is 4.71. The summed E-state index contributed by atoms with van der Waals surface area (Å²) < 4.78 is 1.86. The molecular formula is C22H32N4O. The smallest absolute Gasteiger partial charge is 0.245 e. The molecule has 1 aliphatic heterocycles. The molecule has 1 aromatic carbocycles. The van der Waals surface area contributed by atoms with Crippen LogP contribution in [0.1, 0.15) is 56.1 Å². The third-order valence-corrected chi connectivity index (χ3v) is 5.31. The number of nitrogens with one attached hydrogen (secondary N) is 1. The first-order valence-electron chi connectivity index (χ1n) is 10.1. The van der Waals surface area contributed by atoms with Gasteiger partial charge in [-0.1, -0.05) is 26.0 Å². The summed E-state index contributed by atoms with van der Waals surface area (Å²) in [6.45, 7) is 10.9. The molecule has 0 saturated carbocycles. The summed E-state index contributed by atoms with van der Waals surface area (Å²) in [5.41, 5.74) is 4.37. The molecule has 1 aliphatic rings. The topological polar surface area (TPSA) is 50.2 Å². The molecule has 1 atom stereocenters. The lowest BCUT2D eigenvalue weighted by Gasteiger charge is -2.29. The fourth-order valence-electron chi connectivity index (χ4n) is 3.93. The molecule has 1 saturated heterocycles. The number of nitrogens with zero attached hydrogens (tertiary/aromatic N) is 3. The molecule has 2 aromatic rings. The zero-order valence-electron chi connectivity index (χ0n) is 17.0. The van der Waals surface area contributed by atoms with Crippen molar-refractivity contribution in [1.82, 2.24) is 15.1 Å². The minimum Gasteiger partial charge on any atom is -0.372 e. The number of hydrogen-bond donors (Lipinski definition) is 1. The van der Waals surface area contributed by atoms with Crippen LogP contribution in [-0.4, -0.2) is 28.8 Å². The maximum Gasteiger partial charge on any atom is 0.245 e. The molecule has 27 heavy (non-hydrogen) atoms. The first-order chi connectivity index (χ1) is 13.0. The van der Waals surface area contributed by atoms with Crippen molar-refractivity contribution in [3.05, 3.63) is 47.3 Å². The van der Waals surface area contributed by atoms with E-state index in [1.165, 1.54) is 24.9 Å². The van der Waals surface area contributed by atoms with E-state index in [1.54, 1.807) is 0 Å². The Labute approximate surface area is 162 Å². The van der Waals surface area contributed by atoms with E-state index in [2.05, 4.69) is 53.4 Å². The second kappa shape index (κ2) is 8.59. The Hall–Kier alpha value is -2.30. The summed E-state index contributed by atoms with van der Waals surface area (Å²) in [4.78, 5) is 15.4. The number of aromatic nitrogens is 2. The lowest BCUT2D eigenvalue weighted by molar-refractivity contribution is -0.126. The molecule has 1 fully saturated rings. The van der Waals surface area contributed by atoms with Crippen LogP contribution >= 0.6 is 0 Å². The average molecular weight is 369 g/mol. The summed E-state index contributed by atoms with van der Waals surface area (Å²) in [6, 6.07) is 10.3. The average Bonchev–Trinajstić information content (AvgIpc) is 2.98. The molecule has 0 aliphatic carbocycles. The summed E-state index contributed by atoms with van der Waals surface area (Å²) in [5.74, 6) is 0.197. The molecule has 0 bridgehead atoms. The summed E-state index contributed by atoms with van der Waals surface area (Å²) >= 11 is 0. The molecule has 2 heterocycles. The van der Waals surface area contributed by atoms with Crippen LogP contribution in [0.2, 0.25) is 0 Å². The van der Waals surface area contributed by atoms with E-state index in [0.717, 1.165) is 30.0 Å². The lowest BCUT2D eigenvalue weighted by Crippen LogP contribution is -2.36. The Bertz CT molecular complexity index is 774. The third-order valence-electron chi connectivity index (χ3n) is 5.31. The van der Waals surface area contributed by atoms with E-state index in [0.29, 0.717) is 6.54 Å². The van der Waals surface area contributed by atoms with Crippen molar-refractivity contribution < 1.29 is 4.79 Å². The Morgan fingerprint density at radius 2 is 1.89 bits per heavy atom. The Morgan fingerprint density at radius 1 is 1.15 bits per heavy atom. The van der Waals surface area contributed by atoms with Crippen molar-refractivity contribution >= 4 is 11.6 Å². The largest absolute Gasteiger partial charge is 0.372 e. The number of rotatable bonds is 6. The van der Waals surface area contributed by atoms with E-state index in [1.807, 2.05) is 24.6 Å². The number of aryl methyl sites for hydroxylation is 2. The van der Waals surface area contributed by atoms with E-state index in [4.69, 9.17) is 0 Å². The highest BCUT2D eigenvalue weighted by Gasteiger charge is 2.26. The lowest BCUT2D eigenvalue weighted by atomic mass is 10.0. The highest BCUT2D eigenvalue weighted by Crippen LogP contribution is 2.22. The summed E-state index contributed by atoms with van der Waals surface area (Å²) in [6.07, 6.45) is 3.86. The van der Waals surface area contributed by atoms with Crippen molar-refractivity contribution in [2.45, 2.75) is 59.5 Å². The van der Waals surface area contributed by atoms with Crippen LogP contribution in [0.25, 0.3) is 0 Å². The van der Waals surface area contributed by atoms with E-state index >= 15 is 0 Å². The molecule has 1 N–H and O–H groups in total. The Kier molecular flexibility index (Phi) is 6.19. The molecule has 5 nitrogen and oxygen atoms in total. The van der Waals surface area contributed by atoms with Crippen LogP contribution < -0.4 is 10.2 Å². The second-order valence-corrected chi connectivity index (χ2v) is 8.00. The fraction of sp³-hybridized carbons (Fsp3) is 0.545. The van der Waals surface area contributed by atoms with Gasteiger partial charge in [-0.15, -0.1) is 0 Å². The molecule has 0 spiro atoms. The van der Waals surface area contributed by atoms with Crippen molar-refractivity contribution in [2.75, 3.05) is 18.0 Å². The van der Waals surface area contributed by atoms with Gasteiger partial charge < -0.3 is 10.2 Å². The summed E-state index contributed by atoms with van der Waals surface area (Å²) in [7, 11) is 0. The van der Waals surface area contributed by atoms with Gasteiger partial charge in [0, 0.05) is 31.0 Å². The number of piperidine rings is 1. The van der Waals surface area contributed by atoms with E-state index in [-0.39, 0.29) is 17.9 Å². The van der Waals surface area contributed by atoms with Crippen LogP contribution in [0.5, 0.6) is 0 Å². The SMILES string of the molecule is Cc1cc(C)n([C@H](C(=O)NCc2cccc(N3CCCCC3)c2)C(C)C)n1. The first-order valence-corrected chi connectivity index (χ1v) is 10.1. The van der Waals surface area contributed by atoms with Gasteiger partial charge in [0.1, 0.15) is 6.04 Å². The van der Waals surface area contributed by atoms with Crippen molar-refractivity contribution in [3.63, 3.8) is 0 Å². The number of hydrogen-bond acceptors (Lipinski definition) is 3. The van der Waals surface area contributed by atoms with Gasteiger partial charge >= 0.3 is 0 Å². The molecule has 0 unspecified atom stereocenters. The van der Waals surface area contributed by atoms with Crippen LogP contribution in [0.3, 0.4) is 0 Å². The molecule has 5 heteroatoms. The number of benzene rings is 1. The second-order valence-electron chi connectivity index (χ2n) is 8.00. The first kappa shape index (κ1) is 19.5. The molecule has 0 radical (unpaired) electrons. The normalized spacial score (nSPS) is 15.8. The molecule has 1 aromatic heterocycles. The van der Waals surface area contributed by atoms with Crippen molar-refractivity contribution in [2.24, 2.45) is 5.92 Å². The van der Waals surface area contributed by atoms with Gasteiger partial charge in [-0.25, -0.2) is 0 Å². The van der Waals surface area contributed by atoms with Crippen LogP contribution in [0.15, 0.2) is 30.3 Å². The predicted octanol–water partition coefficient (Wildman–Crippen LogP) is 4.00. The van der Waals surface area contributed by atoms with Gasteiger partial charge in [0.15, 0.2) is 0 Å². The Morgan fingerprint density at radius 3 is 2.52 bits per heavy atom. The zero-order chi connectivity index (χ0) is 19.4. The van der Waals surface area contributed by atoms with Gasteiger partial charge in [-0.3, -0.25) is 9.48 Å². The fourth-order valence-corrected chi connectivity index (χ4v) is 3.93. The Balaban J connectivity index is 1.68. The predicted molar refractivity (Wildman–Crippen MR) is 110 cm³/mol. The number of carbonyl (C=O) groups is 1. The van der Waals surface area contributed by atoms with Gasteiger partial charge in [0.25, 0.3) is 0 Å². The minimum absolute atomic E-state index is 0.0274. The maximum absolute atomic E-state index is 12.9.